The maximum absolute atomic E-state index is 12.9. The Kier molecular flexibility index (Phi) is 6.27. The number of pyridine rings is 1. The van der Waals surface area contributed by atoms with Gasteiger partial charge in [-0.25, -0.2) is 0 Å². The van der Waals surface area contributed by atoms with Gasteiger partial charge < -0.3 is 23.8 Å². The third-order valence-electron chi connectivity index (χ3n) is 5.42. The summed E-state index contributed by atoms with van der Waals surface area (Å²) in [6, 6.07) is 5.27. The Labute approximate surface area is 174 Å². The van der Waals surface area contributed by atoms with E-state index in [-0.39, 0.29) is 30.0 Å². The largest absolute Gasteiger partial charge is 0.484 e. The van der Waals surface area contributed by atoms with Crippen LogP contribution in [0, 0.1) is 12.8 Å². The van der Waals surface area contributed by atoms with E-state index in [4.69, 9.17) is 14.0 Å². The van der Waals surface area contributed by atoms with E-state index in [9.17, 15) is 9.59 Å². The molecule has 4 heterocycles. The maximum atomic E-state index is 12.9. The monoisotopic (exact) mass is 414 g/mol. The van der Waals surface area contributed by atoms with E-state index in [2.05, 4.69) is 10.1 Å². The summed E-state index contributed by atoms with van der Waals surface area (Å²) in [6.45, 7) is 5.45. The first-order chi connectivity index (χ1) is 14.6. The maximum Gasteiger partial charge on any atom is 0.276 e. The van der Waals surface area contributed by atoms with E-state index in [1.807, 2.05) is 24.0 Å². The normalized spacial score (nSPS) is 19.6. The Balaban J connectivity index is 1.33. The summed E-state index contributed by atoms with van der Waals surface area (Å²) in [5.74, 6) is 0.782. The number of amides is 2. The van der Waals surface area contributed by atoms with Gasteiger partial charge in [-0.2, -0.15) is 0 Å². The highest BCUT2D eigenvalue weighted by molar-refractivity contribution is 5.92. The van der Waals surface area contributed by atoms with Crippen molar-refractivity contribution < 1.29 is 23.6 Å². The molecule has 0 aliphatic carbocycles. The van der Waals surface area contributed by atoms with Gasteiger partial charge in [0.2, 0.25) is 5.91 Å². The number of ether oxygens (including phenoxy) is 2. The summed E-state index contributed by atoms with van der Waals surface area (Å²) in [7, 11) is 0. The third-order valence-corrected chi connectivity index (χ3v) is 5.42. The molecule has 0 radical (unpaired) electrons. The van der Waals surface area contributed by atoms with Crippen LogP contribution >= 0.6 is 0 Å². The van der Waals surface area contributed by atoms with Crippen molar-refractivity contribution >= 4 is 11.8 Å². The van der Waals surface area contributed by atoms with Crippen molar-refractivity contribution in [3.63, 3.8) is 0 Å². The fourth-order valence-electron chi connectivity index (χ4n) is 3.74. The summed E-state index contributed by atoms with van der Waals surface area (Å²) in [6.07, 6.45) is 3.22. The van der Waals surface area contributed by atoms with Gasteiger partial charge in [0, 0.05) is 37.9 Å². The minimum Gasteiger partial charge on any atom is -0.484 e. The molecule has 0 N–H and O–H groups in total. The minimum atomic E-state index is -0.221. The van der Waals surface area contributed by atoms with Crippen molar-refractivity contribution in [2.75, 3.05) is 39.4 Å². The van der Waals surface area contributed by atoms with Crippen LogP contribution in [0.4, 0.5) is 0 Å². The molecule has 9 nitrogen and oxygen atoms in total. The molecule has 0 saturated carbocycles. The summed E-state index contributed by atoms with van der Waals surface area (Å²) in [5.41, 5.74) is 1.14. The lowest BCUT2D eigenvalue weighted by Gasteiger charge is -2.35. The first kappa shape index (κ1) is 20.3. The summed E-state index contributed by atoms with van der Waals surface area (Å²) in [4.78, 5) is 33.4. The molecule has 9 heteroatoms. The van der Waals surface area contributed by atoms with Crippen LogP contribution in [0.2, 0.25) is 0 Å². The predicted molar refractivity (Wildman–Crippen MR) is 106 cm³/mol. The quantitative estimate of drug-likeness (QED) is 0.734. The summed E-state index contributed by atoms with van der Waals surface area (Å²) < 4.78 is 16.2. The molecule has 2 aromatic rings. The van der Waals surface area contributed by atoms with Gasteiger partial charge in [0.15, 0.2) is 11.5 Å². The van der Waals surface area contributed by atoms with Crippen LogP contribution in [0.5, 0.6) is 5.75 Å². The van der Waals surface area contributed by atoms with Crippen molar-refractivity contribution in [3.8, 4) is 5.75 Å². The molecule has 2 saturated heterocycles. The van der Waals surface area contributed by atoms with Crippen molar-refractivity contribution in [1.82, 2.24) is 19.9 Å². The first-order valence-corrected chi connectivity index (χ1v) is 10.3. The summed E-state index contributed by atoms with van der Waals surface area (Å²) in [5, 5.41) is 3.90. The van der Waals surface area contributed by atoms with Crippen molar-refractivity contribution in [3.05, 3.63) is 41.5 Å². The predicted octanol–water partition coefficient (Wildman–Crippen LogP) is 1.67. The fraction of sp³-hybridized carbons (Fsp3) is 0.524. The Morgan fingerprint density at radius 1 is 1.20 bits per heavy atom. The van der Waals surface area contributed by atoms with Gasteiger partial charge in [0.1, 0.15) is 12.4 Å². The zero-order valence-electron chi connectivity index (χ0n) is 17.1. The number of carbonyl (C=O) groups is 2. The molecule has 4 rings (SSSR count). The number of nitrogens with zero attached hydrogens (tertiary/aromatic N) is 4. The van der Waals surface area contributed by atoms with Crippen LogP contribution in [0.1, 0.15) is 34.8 Å². The second-order valence-electron chi connectivity index (χ2n) is 7.63. The average Bonchev–Trinajstić information content (AvgIpc) is 3.27. The number of carbonyl (C=O) groups excluding carboxylic acids is 2. The van der Waals surface area contributed by atoms with Crippen molar-refractivity contribution in [2.24, 2.45) is 5.92 Å². The number of aryl methyl sites for hydroxylation is 1. The number of hydrogen-bond donors (Lipinski definition) is 0. The van der Waals surface area contributed by atoms with Crippen LogP contribution in [-0.4, -0.2) is 71.1 Å². The number of rotatable bonds is 5. The number of aromatic nitrogens is 2. The highest BCUT2D eigenvalue weighted by Crippen LogP contribution is 2.21. The van der Waals surface area contributed by atoms with E-state index >= 15 is 0 Å². The molecule has 0 unspecified atom stereocenters. The number of hydrogen-bond acceptors (Lipinski definition) is 7. The molecule has 0 spiro atoms. The summed E-state index contributed by atoms with van der Waals surface area (Å²) >= 11 is 0. The van der Waals surface area contributed by atoms with Crippen molar-refractivity contribution in [1.29, 1.82) is 0 Å². The van der Waals surface area contributed by atoms with E-state index in [1.54, 1.807) is 17.2 Å². The molecule has 30 heavy (non-hydrogen) atoms. The van der Waals surface area contributed by atoms with Crippen LogP contribution in [0.25, 0.3) is 0 Å². The zero-order chi connectivity index (χ0) is 20.9. The van der Waals surface area contributed by atoms with Crippen molar-refractivity contribution in [2.45, 2.75) is 26.4 Å². The van der Waals surface area contributed by atoms with Gasteiger partial charge in [0.05, 0.1) is 25.3 Å². The molecular weight excluding hydrogens is 388 g/mol. The smallest absolute Gasteiger partial charge is 0.276 e. The van der Waals surface area contributed by atoms with Gasteiger partial charge in [0.25, 0.3) is 5.91 Å². The second-order valence-corrected chi connectivity index (χ2v) is 7.63. The van der Waals surface area contributed by atoms with Crippen LogP contribution < -0.4 is 4.74 Å². The number of morpholine rings is 1. The van der Waals surface area contributed by atoms with E-state index in [0.717, 1.165) is 18.5 Å². The van der Waals surface area contributed by atoms with Gasteiger partial charge >= 0.3 is 0 Å². The molecule has 1 atom stereocenters. The lowest BCUT2D eigenvalue weighted by Crippen LogP contribution is -2.49. The molecule has 2 aromatic heterocycles. The molecule has 2 fully saturated rings. The van der Waals surface area contributed by atoms with Gasteiger partial charge in [-0.1, -0.05) is 5.16 Å². The highest BCUT2D eigenvalue weighted by Gasteiger charge is 2.33. The third kappa shape index (κ3) is 4.79. The Morgan fingerprint density at radius 3 is 2.80 bits per heavy atom. The highest BCUT2D eigenvalue weighted by atomic mass is 16.5. The van der Waals surface area contributed by atoms with E-state index in [1.165, 1.54) is 0 Å². The SMILES string of the molecule is Cc1ccc(OCc2cc(C(=O)N3CCC[C@@H](C(=O)N4CCOCC4)C3)no2)cn1. The first-order valence-electron chi connectivity index (χ1n) is 10.3. The lowest BCUT2D eigenvalue weighted by molar-refractivity contribution is -0.141. The Bertz CT molecular complexity index is 876. The Hall–Kier alpha value is -2.94. The molecule has 2 aliphatic heterocycles. The molecule has 160 valence electrons. The van der Waals surface area contributed by atoms with E-state index < -0.39 is 0 Å². The molecule has 2 amide bonds. The van der Waals surface area contributed by atoms with Gasteiger partial charge in [-0.05, 0) is 31.9 Å². The fourth-order valence-corrected chi connectivity index (χ4v) is 3.74. The minimum absolute atomic E-state index is 0.108. The zero-order valence-corrected chi connectivity index (χ0v) is 17.1. The van der Waals surface area contributed by atoms with Gasteiger partial charge in [-0.3, -0.25) is 14.6 Å². The van der Waals surface area contributed by atoms with E-state index in [0.29, 0.717) is 50.9 Å². The average molecular weight is 414 g/mol. The topological polar surface area (TPSA) is 98.0 Å². The molecule has 0 bridgehead atoms. The van der Waals surface area contributed by atoms with Crippen LogP contribution in [0.15, 0.2) is 28.9 Å². The lowest BCUT2D eigenvalue weighted by atomic mass is 9.96. The molecular formula is C21H26N4O5. The van der Waals surface area contributed by atoms with Crippen LogP contribution in [0.3, 0.4) is 0 Å². The molecule has 2 aliphatic rings. The second kappa shape index (κ2) is 9.25. The standard InChI is InChI=1S/C21H26N4O5/c1-15-4-5-17(12-22-15)29-14-18-11-19(23-30-18)21(27)25-6-2-3-16(13-25)20(26)24-7-9-28-10-8-24/h4-5,11-12,16H,2-3,6-10,13-14H2,1H3/t16-/m1/s1. The number of likely N-dealkylation sites (tertiary alicyclic amines) is 1. The van der Waals surface area contributed by atoms with Gasteiger partial charge in [-0.15, -0.1) is 0 Å². The number of piperidine rings is 1. The van der Waals surface area contributed by atoms with Crippen LogP contribution in [-0.2, 0) is 16.1 Å². The molecule has 0 aromatic carbocycles. The Morgan fingerprint density at radius 2 is 2.03 bits per heavy atom.